The second kappa shape index (κ2) is 7.02. The van der Waals surface area contributed by atoms with E-state index in [2.05, 4.69) is 21.2 Å². The molecular weight excluding hydrogens is 312 g/mol. The third-order valence-corrected chi connectivity index (χ3v) is 4.16. The van der Waals surface area contributed by atoms with Crippen molar-refractivity contribution in [2.24, 2.45) is 5.10 Å². The zero-order chi connectivity index (χ0) is 17.8. The zero-order valence-corrected chi connectivity index (χ0v) is 14.2. The van der Waals surface area contributed by atoms with E-state index in [0.29, 0.717) is 12.1 Å². The number of nitrogens with zero attached hydrogens (tertiary/aromatic N) is 3. The van der Waals surface area contributed by atoms with Crippen LogP contribution in [-0.2, 0) is 11.3 Å². The van der Waals surface area contributed by atoms with Crippen LogP contribution in [0, 0.1) is 18.3 Å². The molecule has 25 heavy (non-hydrogen) atoms. The summed E-state index contributed by atoms with van der Waals surface area (Å²) in [6, 6.07) is 17.9. The summed E-state index contributed by atoms with van der Waals surface area (Å²) < 4.78 is 2.17. The molecule has 1 heterocycles. The SMILES string of the molecule is CC(=O)N/N=C\c1c(C)n(Cc2ccccc2C#N)c2ccccc12. The predicted molar refractivity (Wildman–Crippen MR) is 98.3 cm³/mol. The largest absolute Gasteiger partial charge is 0.340 e. The highest BCUT2D eigenvalue weighted by Gasteiger charge is 2.13. The third-order valence-electron chi connectivity index (χ3n) is 4.16. The van der Waals surface area contributed by atoms with Gasteiger partial charge in [0.2, 0.25) is 5.91 Å². The molecule has 1 amide bonds. The van der Waals surface area contributed by atoms with E-state index < -0.39 is 0 Å². The van der Waals surface area contributed by atoms with E-state index in [-0.39, 0.29) is 5.91 Å². The summed E-state index contributed by atoms with van der Waals surface area (Å²) >= 11 is 0. The average Bonchev–Trinajstić information content (AvgIpc) is 2.88. The molecule has 1 N–H and O–H groups in total. The molecule has 0 atom stereocenters. The molecule has 0 spiro atoms. The monoisotopic (exact) mass is 330 g/mol. The number of rotatable bonds is 4. The van der Waals surface area contributed by atoms with E-state index >= 15 is 0 Å². The lowest BCUT2D eigenvalue weighted by Gasteiger charge is -2.10. The van der Waals surface area contributed by atoms with Crippen LogP contribution in [0.1, 0.15) is 29.3 Å². The number of hydrazone groups is 1. The average molecular weight is 330 g/mol. The summed E-state index contributed by atoms with van der Waals surface area (Å²) in [5.41, 5.74) is 7.14. The Labute approximate surface area is 146 Å². The van der Waals surface area contributed by atoms with Gasteiger partial charge in [-0.05, 0) is 24.6 Å². The number of para-hydroxylation sites is 1. The maximum absolute atomic E-state index is 11.0. The van der Waals surface area contributed by atoms with Crippen LogP contribution in [0.3, 0.4) is 0 Å². The number of nitrogens with one attached hydrogen (secondary N) is 1. The Morgan fingerprint density at radius 2 is 1.96 bits per heavy atom. The summed E-state index contributed by atoms with van der Waals surface area (Å²) in [7, 11) is 0. The molecule has 0 aliphatic heterocycles. The minimum absolute atomic E-state index is 0.208. The number of hydrogen-bond acceptors (Lipinski definition) is 3. The van der Waals surface area contributed by atoms with Gasteiger partial charge in [-0.25, -0.2) is 5.43 Å². The lowest BCUT2D eigenvalue weighted by molar-refractivity contribution is -0.118. The molecule has 0 saturated carbocycles. The fraction of sp³-hybridized carbons (Fsp3) is 0.150. The summed E-state index contributed by atoms with van der Waals surface area (Å²) in [6.07, 6.45) is 1.67. The molecule has 3 rings (SSSR count). The first-order valence-corrected chi connectivity index (χ1v) is 7.97. The molecule has 0 saturated heterocycles. The van der Waals surface area contributed by atoms with Gasteiger partial charge in [-0.1, -0.05) is 36.4 Å². The van der Waals surface area contributed by atoms with E-state index in [1.165, 1.54) is 6.92 Å². The van der Waals surface area contributed by atoms with Crippen LogP contribution >= 0.6 is 0 Å². The number of nitriles is 1. The summed E-state index contributed by atoms with van der Waals surface area (Å²) in [6.45, 7) is 4.04. The Hall–Kier alpha value is -3.39. The predicted octanol–water partition coefficient (Wildman–Crippen LogP) is 3.34. The molecule has 0 bridgehead atoms. The summed E-state index contributed by atoms with van der Waals surface area (Å²) in [4.78, 5) is 11.0. The molecule has 5 heteroatoms. The fourth-order valence-electron chi connectivity index (χ4n) is 2.95. The Balaban J connectivity index is 2.10. The lowest BCUT2D eigenvalue weighted by atomic mass is 10.1. The minimum Gasteiger partial charge on any atom is -0.340 e. The van der Waals surface area contributed by atoms with Crippen LogP contribution in [-0.4, -0.2) is 16.7 Å². The van der Waals surface area contributed by atoms with Gasteiger partial charge >= 0.3 is 0 Å². The van der Waals surface area contributed by atoms with Gasteiger partial charge in [0.1, 0.15) is 0 Å². The maximum Gasteiger partial charge on any atom is 0.236 e. The molecule has 3 aromatic rings. The first-order valence-electron chi connectivity index (χ1n) is 7.97. The van der Waals surface area contributed by atoms with Gasteiger partial charge in [-0.2, -0.15) is 10.4 Å². The van der Waals surface area contributed by atoms with Gasteiger partial charge in [-0.15, -0.1) is 0 Å². The van der Waals surface area contributed by atoms with Gasteiger partial charge in [0.15, 0.2) is 0 Å². The maximum atomic E-state index is 11.0. The van der Waals surface area contributed by atoms with E-state index in [1.54, 1.807) is 6.21 Å². The van der Waals surface area contributed by atoms with E-state index in [9.17, 15) is 10.1 Å². The Kier molecular flexibility index (Phi) is 4.62. The normalized spacial score (nSPS) is 10.9. The molecule has 5 nitrogen and oxygen atoms in total. The quantitative estimate of drug-likeness (QED) is 0.589. The van der Waals surface area contributed by atoms with Crippen molar-refractivity contribution in [2.45, 2.75) is 20.4 Å². The molecule has 0 radical (unpaired) electrons. The number of aromatic nitrogens is 1. The van der Waals surface area contributed by atoms with E-state index in [1.807, 2.05) is 55.5 Å². The van der Waals surface area contributed by atoms with Gasteiger partial charge in [-0.3, -0.25) is 4.79 Å². The van der Waals surface area contributed by atoms with Crippen molar-refractivity contribution in [3.63, 3.8) is 0 Å². The van der Waals surface area contributed by atoms with Crippen LogP contribution in [0.5, 0.6) is 0 Å². The summed E-state index contributed by atoms with van der Waals surface area (Å²) in [5, 5.41) is 14.4. The Bertz CT molecular complexity index is 1010. The number of fused-ring (bicyclic) bond motifs is 1. The lowest BCUT2D eigenvalue weighted by Crippen LogP contribution is -2.12. The zero-order valence-electron chi connectivity index (χ0n) is 14.2. The second-order valence-electron chi connectivity index (χ2n) is 5.80. The van der Waals surface area contributed by atoms with Crippen molar-refractivity contribution < 1.29 is 4.79 Å². The van der Waals surface area contributed by atoms with E-state index in [4.69, 9.17) is 0 Å². The van der Waals surface area contributed by atoms with Crippen LogP contribution in [0.15, 0.2) is 53.6 Å². The van der Waals surface area contributed by atoms with Crippen molar-refractivity contribution in [3.8, 4) is 6.07 Å². The van der Waals surface area contributed by atoms with Crippen LogP contribution in [0.2, 0.25) is 0 Å². The molecule has 2 aromatic carbocycles. The van der Waals surface area contributed by atoms with Gasteiger partial charge in [0.25, 0.3) is 0 Å². The highest BCUT2D eigenvalue weighted by atomic mass is 16.2. The number of hydrogen-bond donors (Lipinski definition) is 1. The topological polar surface area (TPSA) is 70.2 Å². The Morgan fingerprint density at radius 1 is 1.24 bits per heavy atom. The Morgan fingerprint density at radius 3 is 2.72 bits per heavy atom. The van der Waals surface area contributed by atoms with Gasteiger partial charge in [0.05, 0.1) is 17.8 Å². The molecule has 124 valence electrons. The highest BCUT2D eigenvalue weighted by molar-refractivity contribution is 6.01. The molecular formula is C20H18N4O. The van der Waals surface area contributed by atoms with Crippen LogP contribution in [0.25, 0.3) is 10.9 Å². The highest BCUT2D eigenvalue weighted by Crippen LogP contribution is 2.26. The number of benzene rings is 2. The molecule has 1 aromatic heterocycles. The molecule has 0 aliphatic carbocycles. The third kappa shape index (κ3) is 3.29. The fourth-order valence-corrected chi connectivity index (χ4v) is 2.95. The standard InChI is InChI=1S/C20H18N4O/c1-14-19(12-22-23-15(2)25)18-9-5-6-10-20(18)24(14)13-17-8-4-3-7-16(17)11-21/h3-10,12H,13H2,1-2H3,(H,23,25)/b22-12-. The molecule has 0 aliphatic rings. The van der Waals surface area contributed by atoms with Crippen molar-refractivity contribution in [2.75, 3.05) is 0 Å². The van der Waals surface area contributed by atoms with Crippen molar-refractivity contribution in [1.29, 1.82) is 5.26 Å². The molecule has 0 fully saturated rings. The number of amides is 1. The van der Waals surface area contributed by atoms with Crippen molar-refractivity contribution in [1.82, 2.24) is 9.99 Å². The smallest absolute Gasteiger partial charge is 0.236 e. The van der Waals surface area contributed by atoms with Crippen LogP contribution < -0.4 is 5.43 Å². The van der Waals surface area contributed by atoms with Crippen molar-refractivity contribution >= 4 is 23.0 Å². The van der Waals surface area contributed by atoms with Gasteiger partial charge in [0, 0.05) is 35.6 Å². The first-order chi connectivity index (χ1) is 12.1. The number of carbonyl (C=O) groups is 1. The minimum atomic E-state index is -0.208. The number of carbonyl (C=O) groups excluding carboxylic acids is 1. The second-order valence-corrected chi connectivity index (χ2v) is 5.80. The van der Waals surface area contributed by atoms with E-state index in [0.717, 1.165) is 27.7 Å². The first kappa shape index (κ1) is 16.5. The van der Waals surface area contributed by atoms with Crippen LogP contribution in [0.4, 0.5) is 0 Å². The van der Waals surface area contributed by atoms with Gasteiger partial charge < -0.3 is 4.57 Å². The summed E-state index contributed by atoms with van der Waals surface area (Å²) in [5.74, 6) is -0.208. The molecule has 0 unspecified atom stereocenters. The van der Waals surface area contributed by atoms with Crippen molar-refractivity contribution in [3.05, 3.63) is 70.9 Å².